The lowest BCUT2D eigenvalue weighted by atomic mass is 10.0. The third-order valence-corrected chi connectivity index (χ3v) is 3.38. The van der Waals surface area contributed by atoms with E-state index in [0.29, 0.717) is 29.4 Å². The highest BCUT2D eigenvalue weighted by Crippen LogP contribution is 2.26. The zero-order valence-corrected chi connectivity index (χ0v) is 10.9. The Bertz CT molecular complexity index is 788. The fraction of sp³-hybridized carbons (Fsp3) is 0.118. The van der Waals surface area contributed by atoms with Crippen molar-refractivity contribution in [3.8, 4) is 5.75 Å². The van der Waals surface area contributed by atoms with Gasteiger partial charge in [0.1, 0.15) is 11.3 Å². The molecule has 3 nitrogen and oxygen atoms in total. The molecule has 0 aliphatic heterocycles. The van der Waals surface area contributed by atoms with Gasteiger partial charge in [-0.25, -0.2) is 4.79 Å². The van der Waals surface area contributed by atoms with Crippen molar-refractivity contribution in [2.24, 2.45) is 0 Å². The van der Waals surface area contributed by atoms with Gasteiger partial charge in [0.15, 0.2) is 0 Å². The van der Waals surface area contributed by atoms with E-state index < -0.39 is 5.63 Å². The first-order valence-electron chi connectivity index (χ1n) is 6.53. The van der Waals surface area contributed by atoms with Gasteiger partial charge in [0.2, 0.25) is 0 Å². The maximum Gasteiger partial charge on any atom is 0.343 e. The fourth-order valence-electron chi connectivity index (χ4n) is 2.31. The van der Waals surface area contributed by atoms with Crippen molar-refractivity contribution < 1.29 is 9.52 Å². The lowest BCUT2D eigenvalue weighted by Crippen LogP contribution is -2.09. The van der Waals surface area contributed by atoms with Crippen LogP contribution in [0.1, 0.15) is 11.1 Å². The fourth-order valence-corrected chi connectivity index (χ4v) is 2.31. The minimum atomic E-state index is -0.461. The van der Waals surface area contributed by atoms with Gasteiger partial charge in [0.05, 0.1) is 10.9 Å². The van der Waals surface area contributed by atoms with Crippen molar-refractivity contribution in [1.82, 2.24) is 0 Å². The van der Waals surface area contributed by atoms with E-state index in [1.807, 2.05) is 36.4 Å². The number of aryl methyl sites for hydroxylation is 1. The van der Waals surface area contributed by atoms with Crippen molar-refractivity contribution in [2.45, 2.75) is 12.8 Å². The Kier molecular flexibility index (Phi) is 3.25. The van der Waals surface area contributed by atoms with Crippen molar-refractivity contribution in [3.05, 3.63) is 76.1 Å². The van der Waals surface area contributed by atoms with Crippen molar-refractivity contribution in [2.75, 3.05) is 0 Å². The summed E-state index contributed by atoms with van der Waals surface area (Å²) in [5.74, 6) is 0.0350. The molecule has 2 aromatic carbocycles. The number of aromatic hydroxyl groups is 1. The molecule has 1 N–H and O–H groups in total. The molecule has 0 saturated heterocycles. The van der Waals surface area contributed by atoms with Gasteiger partial charge in [-0.15, -0.1) is 0 Å². The maximum absolute atomic E-state index is 11.9. The van der Waals surface area contributed by atoms with E-state index in [0.717, 1.165) is 5.56 Å². The second kappa shape index (κ2) is 5.21. The lowest BCUT2D eigenvalue weighted by molar-refractivity contribution is 0.456. The molecule has 3 aromatic rings. The minimum Gasteiger partial charge on any atom is -0.507 e. The smallest absolute Gasteiger partial charge is 0.343 e. The molecule has 0 radical (unpaired) electrons. The second-order valence-corrected chi connectivity index (χ2v) is 4.70. The lowest BCUT2D eigenvalue weighted by Gasteiger charge is -2.06. The molecule has 3 rings (SSSR count). The molecule has 0 atom stereocenters. The van der Waals surface area contributed by atoms with Crippen LogP contribution in [0.3, 0.4) is 0 Å². The number of para-hydroxylation sites is 1. The van der Waals surface area contributed by atoms with Gasteiger partial charge >= 0.3 is 5.63 Å². The average molecular weight is 266 g/mol. The van der Waals surface area contributed by atoms with Crippen LogP contribution >= 0.6 is 0 Å². The molecular formula is C17H14O3. The quantitative estimate of drug-likeness (QED) is 0.740. The molecule has 0 bridgehead atoms. The molecule has 3 heteroatoms. The molecule has 1 heterocycles. The molecule has 0 aliphatic carbocycles. The Balaban J connectivity index is 1.97. The number of fused-ring (bicyclic) bond motifs is 1. The zero-order chi connectivity index (χ0) is 13.9. The van der Waals surface area contributed by atoms with Crippen molar-refractivity contribution in [3.63, 3.8) is 0 Å². The van der Waals surface area contributed by atoms with Crippen LogP contribution < -0.4 is 5.63 Å². The highest BCUT2D eigenvalue weighted by Gasteiger charge is 2.13. The van der Waals surface area contributed by atoms with Gasteiger partial charge < -0.3 is 9.52 Å². The molecule has 0 amide bonds. The highest BCUT2D eigenvalue weighted by atomic mass is 16.4. The molecule has 20 heavy (non-hydrogen) atoms. The topological polar surface area (TPSA) is 50.4 Å². The summed E-state index contributed by atoms with van der Waals surface area (Å²) >= 11 is 0. The molecule has 0 aliphatic rings. The summed E-state index contributed by atoms with van der Waals surface area (Å²) < 4.78 is 5.25. The van der Waals surface area contributed by atoms with E-state index in [1.54, 1.807) is 18.2 Å². The van der Waals surface area contributed by atoms with Crippen LogP contribution in [-0.2, 0) is 12.8 Å². The molecule has 0 spiro atoms. The van der Waals surface area contributed by atoms with E-state index in [1.165, 1.54) is 0 Å². The Morgan fingerprint density at radius 3 is 2.40 bits per heavy atom. The van der Waals surface area contributed by atoms with Gasteiger partial charge in [0, 0.05) is 0 Å². The predicted octanol–water partition coefficient (Wildman–Crippen LogP) is 3.28. The minimum absolute atomic E-state index is 0.0350. The van der Waals surface area contributed by atoms with E-state index in [4.69, 9.17) is 4.42 Å². The monoisotopic (exact) mass is 266 g/mol. The van der Waals surface area contributed by atoms with Crippen LogP contribution in [0.5, 0.6) is 5.75 Å². The first-order valence-corrected chi connectivity index (χ1v) is 6.53. The van der Waals surface area contributed by atoms with E-state index in [9.17, 15) is 9.90 Å². The van der Waals surface area contributed by atoms with Gasteiger partial charge in [-0.05, 0) is 30.5 Å². The van der Waals surface area contributed by atoms with Crippen molar-refractivity contribution in [1.29, 1.82) is 0 Å². The zero-order valence-electron chi connectivity index (χ0n) is 10.9. The van der Waals surface area contributed by atoms with Crippen LogP contribution in [0.4, 0.5) is 0 Å². The summed E-state index contributed by atoms with van der Waals surface area (Å²) in [6.45, 7) is 0. The second-order valence-electron chi connectivity index (χ2n) is 4.70. The Labute approximate surface area is 116 Å². The number of hydrogen-bond donors (Lipinski definition) is 1. The summed E-state index contributed by atoms with van der Waals surface area (Å²) in [7, 11) is 0. The van der Waals surface area contributed by atoms with Gasteiger partial charge in [-0.1, -0.05) is 42.5 Å². The van der Waals surface area contributed by atoms with Gasteiger partial charge in [0.25, 0.3) is 0 Å². The summed E-state index contributed by atoms with van der Waals surface area (Å²) in [6, 6.07) is 16.9. The van der Waals surface area contributed by atoms with Crippen LogP contribution in [0.15, 0.2) is 63.8 Å². The molecule has 0 saturated carbocycles. The predicted molar refractivity (Wildman–Crippen MR) is 78.0 cm³/mol. The molecule has 0 fully saturated rings. The van der Waals surface area contributed by atoms with Gasteiger partial charge in [-0.3, -0.25) is 0 Å². The standard InChI is InChI=1S/C17H14O3/c18-16-13-8-4-5-9-15(13)20-17(19)14(16)11-10-12-6-2-1-3-7-12/h1-9,18H,10-11H2. The van der Waals surface area contributed by atoms with Crippen molar-refractivity contribution >= 4 is 11.0 Å². The third-order valence-electron chi connectivity index (χ3n) is 3.38. The average Bonchev–Trinajstić information content (AvgIpc) is 2.48. The summed E-state index contributed by atoms with van der Waals surface area (Å²) in [4.78, 5) is 11.9. The molecule has 100 valence electrons. The maximum atomic E-state index is 11.9. The normalized spacial score (nSPS) is 10.8. The first kappa shape index (κ1) is 12.5. The molecule has 0 unspecified atom stereocenters. The largest absolute Gasteiger partial charge is 0.507 e. The van der Waals surface area contributed by atoms with Crippen LogP contribution in [0.2, 0.25) is 0 Å². The third kappa shape index (κ3) is 2.30. The van der Waals surface area contributed by atoms with E-state index in [-0.39, 0.29) is 5.75 Å². The summed E-state index contributed by atoms with van der Waals surface area (Å²) in [5, 5.41) is 10.8. The Morgan fingerprint density at radius 2 is 1.60 bits per heavy atom. The number of rotatable bonds is 3. The van der Waals surface area contributed by atoms with Crippen LogP contribution in [0, 0.1) is 0 Å². The van der Waals surface area contributed by atoms with E-state index in [2.05, 4.69) is 0 Å². The van der Waals surface area contributed by atoms with Crippen LogP contribution in [-0.4, -0.2) is 5.11 Å². The highest BCUT2D eigenvalue weighted by molar-refractivity contribution is 5.83. The Hall–Kier alpha value is -2.55. The molecular weight excluding hydrogens is 252 g/mol. The molecule has 1 aromatic heterocycles. The number of benzene rings is 2. The first-order chi connectivity index (χ1) is 9.75. The Morgan fingerprint density at radius 1 is 0.900 bits per heavy atom. The SMILES string of the molecule is O=c1oc2ccccc2c(O)c1CCc1ccccc1. The summed E-state index contributed by atoms with van der Waals surface area (Å²) in [5.41, 5.74) is 1.42. The number of hydrogen-bond acceptors (Lipinski definition) is 3. The van der Waals surface area contributed by atoms with Crippen LogP contribution in [0.25, 0.3) is 11.0 Å². The van der Waals surface area contributed by atoms with Gasteiger partial charge in [-0.2, -0.15) is 0 Å². The summed E-state index contributed by atoms with van der Waals surface area (Å²) in [6.07, 6.45) is 1.15. The van der Waals surface area contributed by atoms with E-state index >= 15 is 0 Å².